The van der Waals surface area contributed by atoms with Gasteiger partial charge in [0.15, 0.2) is 0 Å². The Morgan fingerprint density at radius 1 is 1.50 bits per heavy atom. The molecule has 0 saturated heterocycles. The lowest BCUT2D eigenvalue weighted by atomic mass is 9.79. The van der Waals surface area contributed by atoms with Gasteiger partial charge in [0.2, 0.25) is 0 Å². The normalized spacial score (nSPS) is 17.0. The van der Waals surface area contributed by atoms with Gasteiger partial charge in [0.25, 0.3) is 5.91 Å². The molecule has 1 N–H and O–H groups in total. The van der Waals surface area contributed by atoms with Crippen molar-refractivity contribution in [2.24, 2.45) is 5.11 Å². The van der Waals surface area contributed by atoms with Crippen LogP contribution in [-0.4, -0.2) is 12.5 Å². The number of fused-ring (bicyclic) bond motifs is 1. The molecule has 0 aliphatic carbocycles. The number of hydrogen-bond donors (Lipinski definition) is 1. The first kappa shape index (κ1) is 10.5. The molecular weight excluding hydrogens is 204 g/mol. The van der Waals surface area contributed by atoms with E-state index in [2.05, 4.69) is 15.3 Å². The van der Waals surface area contributed by atoms with Crippen LogP contribution in [0.4, 0.5) is 5.69 Å². The topological polar surface area (TPSA) is 77.9 Å². The third-order valence-corrected chi connectivity index (χ3v) is 2.83. The van der Waals surface area contributed by atoms with Crippen LogP contribution in [0.5, 0.6) is 0 Å². The van der Waals surface area contributed by atoms with Gasteiger partial charge in [0, 0.05) is 28.1 Å². The summed E-state index contributed by atoms with van der Waals surface area (Å²) in [6, 6.07) is 5.14. The van der Waals surface area contributed by atoms with Crippen molar-refractivity contribution in [3.05, 3.63) is 39.8 Å². The lowest BCUT2D eigenvalue weighted by molar-refractivity contribution is 0.0930. The summed E-state index contributed by atoms with van der Waals surface area (Å²) in [6.45, 7) is 4.69. The van der Waals surface area contributed by atoms with Gasteiger partial charge in [0.05, 0.1) is 0 Å². The summed E-state index contributed by atoms with van der Waals surface area (Å²) in [6.07, 6.45) is 0. The molecule has 0 spiro atoms. The molecule has 0 unspecified atom stereocenters. The van der Waals surface area contributed by atoms with Crippen LogP contribution in [0.1, 0.15) is 29.8 Å². The number of benzene rings is 1. The molecule has 0 radical (unpaired) electrons. The second-order valence-corrected chi connectivity index (χ2v) is 4.49. The zero-order valence-electron chi connectivity index (χ0n) is 9.19. The van der Waals surface area contributed by atoms with Crippen molar-refractivity contribution in [3.8, 4) is 0 Å². The minimum Gasteiger partial charge on any atom is -0.351 e. The maximum absolute atomic E-state index is 11.6. The van der Waals surface area contributed by atoms with E-state index in [1.54, 1.807) is 18.2 Å². The van der Waals surface area contributed by atoms with Gasteiger partial charge in [0.1, 0.15) is 0 Å². The van der Waals surface area contributed by atoms with Crippen LogP contribution < -0.4 is 5.32 Å². The molecule has 0 atom stereocenters. The van der Waals surface area contributed by atoms with Gasteiger partial charge in [-0.1, -0.05) is 25.0 Å². The average molecular weight is 216 g/mol. The third kappa shape index (κ3) is 1.61. The van der Waals surface area contributed by atoms with Crippen LogP contribution in [0.2, 0.25) is 0 Å². The van der Waals surface area contributed by atoms with Gasteiger partial charge >= 0.3 is 0 Å². The fourth-order valence-corrected chi connectivity index (χ4v) is 1.90. The first-order valence-corrected chi connectivity index (χ1v) is 5.02. The van der Waals surface area contributed by atoms with Gasteiger partial charge < -0.3 is 5.32 Å². The molecule has 1 aromatic carbocycles. The molecule has 16 heavy (non-hydrogen) atoms. The number of nitrogens with one attached hydrogen (secondary N) is 1. The quantitative estimate of drug-likeness (QED) is 0.437. The number of hydrogen-bond acceptors (Lipinski definition) is 2. The highest BCUT2D eigenvalue weighted by Crippen LogP contribution is 2.32. The molecule has 1 amide bonds. The highest BCUT2D eigenvalue weighted by atomic mass is 16.1. The number of carbonyl (C=O) groups is 1. The van der Waals surface area contributed by atoms with E-state index >= 15 is 0 Å². The van der Waals surface area contributed by atoms with Crippen molar-refractivity contribution in [2.75, 3.05) is 6.54 Å². The second-order valence-electron chi connectivity index (χ2n) is 4.49. The van der Waals surface area contributed by atoms with Gasteiger partial charge in [-0.2, -0.15) is 0 Å². The van der Waals surface area contributed by atoms with E-state index in [0.717, 1.165) is 5.56 Å². The Balaban J connectivity index is 2.61. The minimum absolute atomic E-state index is 0.0678. The van der Waals surface area contributed by atoms with Crippen LogP contribution in [0.3, 0.4) is 0 Å². The van der Waals surface area contributed by atoms with Crippen molar-refractivity contribution >= 4 is 11.6 Å². The summed E-state index contributed by atoms with van der Waals surface area (Å²) >= 11 is 0. The minimum atomic E-state index is -0.135. The fourth-order valence-electron chi connectivity index (χ4n) is 1.90. The van der Waals surface area contributed by atoms with Crippen molar-refractivity contribution in [3.63, 3.8) is 0 Å². The average Bonchev–Trinajstić information content (AvgIpc) is 2.25. The Labute approximate surface area is 93.1 Å². The van der Waals surface area contributed by atoms with Crippen LogP contribution in [-0.2, 0) is 5.41 Å². The van der Waals surface area contributed by atoms with E-state index in [4.69, 9.17) is 5.53 Å². The zero-order chi connectivity index (χ0) is 11.8. The van der Waals surface area contributed by atoms with Crippen LogP contribution in [0, 0.1) is 0 Å². The van der Waals surface area contributed by atoms with E-state index in [9.17, 15) is 4.79 Å². The maximum atomic E-state index is 11.6. The van der Waals surface area contributed by atoms with Gasteiger partial charge in [-0.25, -0.2) is 0 Å². The van der Waals surface area contributed by atoms with Crippen molar-refractivity contribution < 1.29 is 4.79 Å². The maximum Gasteiger partial charge on any atom is 0.251 e. The Bertz CT molecular complexity index is 501. The number of nitrogens with zero attached hydrogens (tertiary/aromatic N) is 3. The van der Waals surface area contributed by atoms with Gasteiger partial charge in [-0.3, -0.25) is 4.79 Å². The second kappa shape index (κ2) is 3.54. The largest absolute Gasteiger partial charge is 0.351 e. The molecule has 1 aliphatic heterocycles. The van der Waals surface area contributed by atoms with Crippen LogP contribution >= 0.6 is 0 Å². The van der Waals surface area contributed by atoms with E-state index < -0.39 is 0 Å². The molecule has 0 aromatic heterocycles. The van der Waals surface area contributed by atoms with E-state index in [1.807, 2.05) is 13.8 Å². The molecule has 2 rings (SSSR count). The highest BCUT2D eigenvalue weighted by Gasteiger charge is 2.31. The molecule has 1 aromatic rings. The van der Waals surface area contributed by atoms with Crippen molar-refractivity contribution in [2.45, 2.75) is 19.3 Å². The first-order chi connectivity index (χ1) is 7.54. The Kier molecular flexibility index (Phi) is 2.33. The summed E-state index contributed by atoms with van der Waals surface area (Å²) in [5.41, 5.74) is 10.4. The zero-order valence-corrected chi connectivity index (χ0v) is 9.19. The summed E-state index contributed by atoms with van der Waals surface area (Å²) in [7, 11) is 0. The Morgan fingerprint density at radius 2 is 2.25 bits per heavy atom. The number of carbonyl (C=O) groups excluding carboxylic acids is 1. The highest BCUT2D eigenvalue weighted by molar-refractivity contribution is 5.97. The molecule has 82 valence electrons. The predicted molar refractivity (Wildman–Crippen MR) is 60.6 cm³/mol. The SMILES string of the molecule is CC1(C)CNC(=O)c2ccc(N=[N+]=[N-])cc21. The van der Waals surface area contributed by atoms with E-state index in [-0.39, 0.29) is 11.3 Å². The number of amides is 1. The van der Waals surface area contributed by atoms with Gasteiger partial charge in [-0.05, 0) is 23.2 Å². The van der Waals surface area contributed by atoms with Crippen LogP contribution in [0.15, 0.2) is 23.3 Å². The van der Waals surface area contributed by atoms with Gasteiger partial charge in [-0.15, -0.1) is 0 Å². The monoisotopic (exact) mass is 216 g/mol. The van der Waals surface area contributed by atoms with Crippen molar-refractivity contribution in [1.82, 2.24) is 5.32 Å². The lowest BCUT2D eigenvalue weighted by Gasteiger charge is -2.32. The first-order valence-electron chi connectivity index (χ1n) is 5.02. The third-order valence-electron chi connectivity index (χ3n) is 2.83. The van der Waals surface area contributed by atoms with Crippen LogP contribution in [0.25, 0.3) is 10.4 Å². The summed E-state index contributed by atoms with van der Waals surface area (Å²) in [5.74, 6) is -0.0678. The number of azide groups is 1. The fraction of sp³-hybridized carbons (Fsp3) is 0.364. The summed E-state index contributed by atoms with van der Waals surface area (Å²) < 4.78 is 0. The molecule has 1 aliphatic rings. The molecule has 0 saturated carbocycles. The molecule has 1 heterocycles. The molecule has 0 fully saturated rings. The molecule has 0 bridgehead atoms. The summed E-state index contributed by atoms with van der Waals surface area (Å²) in [5, 5.41) is 6.39. The Morgan fingerprint density at radius 3 is 2.94 bits per heavy atom. The van der Waals surface area contributed by atoms with E-state index in [0.29, 0.717) is 17.8 Å². The molecule has 5 nitrogen and oxygen atoms in total. The van der Waals surface area contributed by atoms with E-state index in [1.165, 1.54) is 0 Å². The molecular formula is C11H12N4O. The summed E-state index contributed by atoms with van der Waals surface area (Å²) in [4.78, 5) is 14.4. The number of rotatable bonds is 1. The lowest BCUT2D eigenvalue weighted by Crippen LogP contribution is -2.43. The molecule has 5 heteroatoms. The Hall–Kier alpha value is -2.00. The standard InChI is InChI=1S/C11H12N4O/c1-11(2)6-13-10(16)8-4-3-7(14-15-12)5-9(8)11/h3-5H,6H2,1-2H3,(H,13,16). The smallest absolute Gasteiger partial charge is 0.251 e. The van der Waals surface area contributed by atoms with Crippen molar-refractivity contribution in [1.29, 1.82) is 0 Å². The predicted octanol–water partition coefficient (Wildman–Crippen LogP) is 2.65.